The molecule has 0 spiro atoms. The molecular formula is C23H16BrFN4O6. The van der Waals surface area contributed by atoms with E-state index in [0.29, 0.717) is 15.7 Å². The molecule has 0 fully saturated rings. The number of hydrazone groups is 1. The van der Waals surface area contributed by atoms with Gasteiger partial charge in [0.1, 0.15) is 17.1 Å². The van der Waals surface area contributed by atoms with Crippen LogP contribution in [-0.4, -0.2) is 28.4 Å². The van der Waals surface area contributed by atoms with E-state index in [9.17, 15) is 28.9 Å². The highest BCUT2D eigenvalue weighted by atomic mass is 79.9. The molecule has 0 unspecified atom stereocenters. The fourth-order valence-electron chi connectivity index (χ4n) is 2.75. The van der Waals surface area contributed by atoms with Gasteiger partial charge in [0.25, 0.3) is 5.69 Å². The van der Waals surface area contributed by atoms with Crippen molar-refractivity contribution in [2.24, 2.45) is 5.10 Å². The SMILES string of the molecule is C/C(=N\NC(=O)C(=O)Nc1ccc(Br)cc1F)c1ccc(OC(=O)c2ccccc2[N+](=O)[O-])cc1. The summed E-state index contributed by atoms with van der Waals surface area (Å²) in [6, 6.07) is 15.3. The van der Waals surface area contributed by atoms with E-state index < -0.39 is 28.5 Å². The average Bonchev–Trinajstić information content (AvgIpc) is 2.84. The van der Waals surface area contributed by atoms with E-state index in [4.69, 9.17) is 4.74 Å². The van der Waals surface area contributed by atoms with Gasteiger partial charge in [-0.05, 0) is 61.0 Å². The first kappa shape index (κ1) is 25.2. The number of nitrogens with zero attached hydrogens (tertiary/aromatic N) is 2. The minimum atomic E-state index is -1.11. The minimum Gasteiger partial charge on any atom is -0.423 e. The van der Waals surface area contributed by atoms with Crippen molar-refractivity contribution in [2.45, 2.75) is 6.92 Å². The van der Waals surface area contributed by atoms with Gasteiger partial charge in [0.15, 0.2) is 0 Å². The molecule has 3 aromatic carbocycles. The smallest absolute Gasteiger partial charge is 0.350 e. The number of hydrogen-bond donors (Lipinski definition) is 2. The van der Waals surface area contributed by atoms with E-state index in [-0.39, 0.29) is 22.7 Å². The maximum Gasteiger partial charge on any atom is 0.350 e. The van der Waals surface area contributed by atoms with Gasteiger partial charge in [0.05, 0.1) is 16.3 Å². The second-order valence-electron chi connectivity index (χ2n) is 6.90. The summed E-state index contributed by atoms with van der Waals surface area (Å²) in [5.41, 5.74) is 2.18. The van der Waals surface area contributed by atoms with Crippen molar-refractivity contribution < 1.29 is 28.4 Å². The van der Waals surface area contributed by atoms with Gasteiger partial charge in [-0.3, -0.25) is 19.7 Å². The molecule has 2 N–H and O–H groups in total. The quantitative estimate of drug-likeness (QED) is 0.119. The predicted octanol–water partition coefficient (Wildman–Crippen LogP) is 4.19. The number of esters is 1. The largest absolute Gasteiger partial charge is 0.423 e. The fourth-order valence-corrected chi connectivity index (χ4v) is 3.08. The van der Waals surface area contributed by atoms with Gasteiger partial charge in [0.2, 0.25) is 0 Å². The zero-order valence-electron chi connectivity index (χ0n) is 18.0. The van der Waals surface area contributed by atoms with Crippen molar-refractivity contribution in [3.63, 3.8) is 0 Å². The van der Waals surface area contributed by atoms with E-state index in [0.717, 1.165) is 6.07 Å². The Kier molecular flexibility index (Phi) is 8.00. The summed E-state index contributed by atoms with van der Waals surface area (Å²) in [5, 5.41) is 17.1. The first-order valence-electron chi connectivity index (χ1n) is 9.82. The molecule has 3 rings (SSSR count). The van der Waals surface area contributed by atoms with Crippen LogP contribution in [0.15, 0.2) is 76.3 Å². The number of carbonyl (C=O) groups is 3. The Hall–Kier alpha value is -4.45. The second-order valence-corrected chi connectivity index (χ2v) is 7.82. The number of carbonyl (C=O) groups excluding carboxylic acids is 3. The van der Waals surface area contributed by atoms with E-state index in [1.165, 1.54) is 60.7 Å². The number of hydrogen-bond acceptors (Lipinski definition) is 7. The maximum absolute atomic E-state index is 13.8. The number of nitrogens with one attached hydrogen (secondary N) is 2. The molecule has 0 atom stereocenters. The lowest BCUT2D eigenvalue weighted by Gasteiger charge is -2.07. The van der Waals surface area contributed by atoms with Crippen LogP contribution < -0.4 is 15.5 Å². The molecule has 3 aromatic rings. The Balaban J connectivity index is 1.61. The molecule has 0 aromatic heterocycles. The summed E-state index contributed by atoms with van der Waals surface area (Å²) < 4.78 is 19.5. The molecule has 10 nitrogen and oxygen atoms in total. The summed E-state index contributed by atoms with van der Waals surface area (Å²) in [6.45, 7) is 1.56. The number of ether oxygens (including phenoxy) is 1. The predicted molar refractivity (Wildman–Crippen MR) is 128 cm³/mol. The summed E-state index contributed by atoms with van der Waals surface area (Å²) in [6.07, 6.45) is 0. The van der Waals surface area contributed by atoms with Gasteiger partial charge in [-0.1, -0.05) is 28.1 Å². The van der Waals surface area contributed by atoms with Crippen LogP contribution in [0.3, 0.4) is 0 Å². The Labute approximate surface area is 206 Å². The molecule has 178 valence electrons. The number of benzene rings is 3. The van der Waals surface area contributed by atoms with Crippen molar-refractivity contribution >= 4 is 50.8 Å². The normalized spacial score (nSPS) is 10.9. The Morgan fingerprint density at radius 2 is 1.71 bits per heavy atom. The van der Waals surface area contributed by atoms with Crippen molar-refractivity contribution in [3.8, 4) is 5.75 Å². The molecule has 0 radical (unpaired) electrons. The molecule has 0 aliphatic rings. The van der Waals surface area contributed by atoms with Crippen LogP contribution in [0.5, 0.6) is 5.75 Å². The van der Waals surface area contributed by atoms with Gasteiger partial charge in [0, 0.05) is 10.5 Å². The second kappa shape index (κ2) is 11.1. The molecule has 35 heavy (non-hydrogen) atoms. The number of nitro benzene ring substituents is 1. The highest BCUT2D eigenvalue weighted by molar-refractivity contribution is 9.10. The Morgan fingerprint density at radius 3 is 2.37 bits per heavy atom. The number of amides is 2. The summed E-state index contributed by atoms with van der Waals surface area (Å²) in [4.78, 5) is 46.7. The highest BCUT2D eigenvalue weighted by Gasteiger charge is 2.21. The summed E-state index contributed by atoms with van der Waals surface area (Å²) >= 11 is 3.09. The summed E-state index contributed by atoms with van der Waals surface area (Å²) in [7, 11) is 0. The third kappa shape index (κ3) is 6.54. The molecule has 0 saturated carbocycles. The Bertz CT molecular complexity index is 1340. The van der Waals surface area contributed by atoms with Crippen LogP contribution in [0.4, 0.5) is 15.8 Å². The third-order valence-electron chi connectivity index (χ3n) is 4.51. The standard InChI is InChI=1S/C23H16BrFN4O6/c1-13(27-28-22(31)21(30)26-19-11-8-15(24)12-18(19)25)14-6-9-16(10-7-14)35-23(32)17-4-2-3-5-20(17)29(33)34/h2-12H,1H3,(H,26,30)(H,28,31)/b27-13+. The van der Waals surface area contributed by atoms with E-state index in [2.05, 4.69) is 31.8 Å². The first-order valence-corrected chi connectivity index (χ1v) is 10.6. The molecular weight excluding hydrogens is 527 g/mol. The number of anilines is 1. The number of para-hydroxylation sites is 1. The molecule has 2 amide bonds. The van der Waals surface area contributed by atoms with E-state index in [1.54, 1.807) is 6.92 Å². The van der Waals surface area contributed by atoms with Crippen LogP contribution >= 0.6 is 15.9 Å². The highest BCUT2D eigenvalue weighted by Crippen LogP contribution is 2.21. The lowest BCUT2D eigenvalue weighted by molar-refractivity contribution is -0.385. The molecule has 0 aliphatic carbocycles. The molecule has 12 heteroatoms. The third-order valence-corrected chi connectivity index (χ3v) is 5.01. The van der Waals surface area contributed by atoms with Gasteiger partial charge >= 0.3 is 17.8 Å². The zero-order chi connectivity index (χ0) is 25.5. The lowest BCUT2D eigenvalue weighted by Crippen LogP contribution is -2.33. The minimum absolute atomic E-state index is 0.129. The average molecular weight is 543 g/mol. The fraction of sp³-hybridized carbons (Fsp3) is 0.0435. The van der Waals surface area contributed by atoms with Gasteiger partial charge in [-0.25, -0.2) is 14.6 Å². The monoisotopic (exact) mass is 542 g/mol. The van der Waals surface area contributed by atoms with Crippen LogP contribution in [-0.2, 0) is 9.59 Å². The molecule has 0 aliphatic heterocycles. The van der Waals surface area contributed by atoms with E-state index in [1.807, 2.05) is 0 Å². The first-order chi connectivity index (χ1) is 16.7. The number of rotatable bonds is 6. The number of nitro groups is 1. The van der Waals surface area contributed by atoms with Gasteiger partial charge < -0.3 is 10.1 Å². The Morgan fingerprint density at radius 1 is 1.03 bits per heavy atom. The summed E-state index contributed by atoms with van der Waals surface area (Å²) in [5.74, 6) is -3.70. The van der Waals surface area contributed by atoms with Crippen molar-refractivity contribution in [2.75, 3.05) is 5.32 Å². The van der Waals surface area contributed by atoms with Crippen molar-refractivity contribution in [1.29, 1.82) is 0 Å². The molecule has 0 heterocycles. The van der Waals surface area contributed by atoms with Gasteiger partial charge in [-0.2, -0.15) is 5.10 Å². The number of halogens is 2. The van der Waals surface area contributed by atoms with Crippen molar-refractivity contribution in [3.05, 3.63) is 98.3 Å². The molecule has 0 bridgehead atoms. The van der Waals surface area contributed by atoms with Crippen molar-refractivity contribution in [1.82, 2.24) is 5.43 Å². The topological polar surface area (TPSA) is 140 Å². The zero-order valence-corrected chi connectivity index (χ0v) is 19.5. The lowest BCUT2D eigenvalue weighted by atomic mass is 10.1. The maximum atomic E-state index is 13.8. The molecule has 0 saturated heterocycles. The van der Waals surface area contributed by atoms with Crippen LogP contribution in [0.2, 0.25) is 0 Å². The van der Waals surface area contributed by atoms with E-state index >= 15 is 0 Å². The van der Waals surface area contributed by atoms with Crippen LogP contribution in [0.25, 0.3) is 0 Å². The van der Waals surface area contributed by atoms with Crippen LogP contribution in [0.1, 0.15) is 22.8 Å². The van der Waals surface area contributed by atoms with Crippen LogP contribution in [0, 0.1) is 15.9 Å². The van der Waals surface area contributed by atoms with Gasteiger partial charge in [-0.15, -0.1) is 0 Å².